The van der Waals surface area contributed by atoms with Crippen molar-refractivity contribution in [3.8, 4) is 0 Å². The first kappa shape index (κ1) is 20.0. The van der Waals surface area contributed by atoms with Crippen molar-refractivity contribution in [2.24, 2.45) is 0 Å². The van der Waals surface area contributed by atoms with E-state index >= 15 is 0 Å². The number of tetrazole rings is 1. The molecule has 2 aromatic rings. The van der Waals surface area contributed by atoms with Gasteiger partial charge in [-0.1, -0.05) is 60.5 Å². The summed E-state index contributed by atoms with van der Waals surface area (Å²) in [6.45, 7) is 1.31. The quantitative estimate of drug-likeness (QED) is 0.405. The molecule has 1 aliphatic rings. The maximum Gasteiger partial charge on any atom is 0.318 e. The monoisotopic (exact) mass is 384 g/mol. The Balaban J connectivity index is 1.37. The van der Waals surface area contributed by atoms with Crippen LogP contribution in [0.25, 0.3) is 0 Å². The van der Waals surface area contributed by atoms with Gasteiger partial charge in [0.2, 0.25) is 0 Å². The fourth-order valence-corrected chi connectivity index (χ4v) is 3.38. The molecule has 2 atom stereocenters. The van der Waals surface area contributed by atoms with E-state index in [-0.39, 0.29) is 12.1 Å². The second-order valence-electron chi connectivity index (χ2n) is 7.08. The molecule has 2 heterocycles. The summed E-state index contributed by atoms with van der Waals surface area (Å²) in [5.74, 6) is 0.748. The van der Waals surface area contributed by atoms with Gasteiger partial charge >= 0.3 is 6.03 Å². The highest BCUT2D eigenvalue weighted by atomic mass is 16.3. The largest absolute Gasteiger partial charge is 0.389 e. The summed E-state index contributed by atoms with van der Waals surface area (Å²) in [7, 11) is 0. The number of unbranched alkanes of at least 4 members (excludes halogenated alkanes) is 3. The van der Waals surface area contributed by atoms with Crippen LogP contribution in [0.1, 0.15) is 37.1 Å². The molecule has 8 nitrogen and oxygen atoms in total. The summed E-state index contributed by atoms with van der Waals surface area (Å²) in [4.78, 5) is 13.9. The topological polar surface area (TPSA) is 107 Å². The van der Waals surface area contributed by atoms with Crippen LogP contribution < -0.4 is 5.32 Å². The molecule has 28 heavy (non-hydrogen) atoms. The predicted octanol–water partition coefficient (Wildman–Crippen LogP) is 1.86. The molecule has 2 amide bonds. The molecule has 3 rings (SSSR count). The highest BCUT2D eigenvalue weighted by molar-refractivity contribution is 5.77. The highest BCUT2D eigenvalue weighted by Crippen LogP contribution is 2.13. The summed E-state index contributed by atoms with van der Waals surface area (Å²) in [5, 5.41) is 27.0. The van der Waals surface area contributed by atoms with Gasteiger partial charge < -0.3 is 15.3 Å². The number of benzene rings is 1. The lowest BCUT2D eigenvalue weighted by atomic mass is 10.1. The number of rotatable bonds is 11. The Labute approximate surface area is 165 Å². The van der Waals surface area contributed by atoms with Gasteiger partial charge in [0.1, 0.15) is 0 Å². The Morgan fingerprint density at radius 2 is 2.04 bits per heavy atom. The number of nitrogens with one attached hydrogen (secondary N) is 2. The minimum Gasteiger partial charge on any atom is -0.389 e. The number of hydrogen-bond donors (Lipinski definition) is 3. The molecular weight excluding hydrogens is 356 g/mol. The van der Waals surface area contributed by atoms with E-state index in [0.717, 1.165) is 50.0 Å². The molecule has 1 fully saturated rings. The van der Waals surface area contributed by atoms with E-state index in [1.54, 1.807) is 6.08 Å². The van der Waals surface area contributed by atoms with Gasteiger partial charge in [-0.25, -0.2) is 4.79 Å². The van der Waals surface area contributed by atoms with Crippen LogP contribution in [0.3, 0.4) is 0 Å². The van der Waals surface area contributed by atoms with Crippen LogP contribution in [0.4, 0.5) is 4.79 Å². The minimum absolute atomic E-state index is 0.00254. The van der Waals surface area contributed by atoms with E-state index in [0.29, 0.717) is 13.0 Å². The molecule has 0 spiro atoms. The number of aromatic nitrogens is 4. The normalized spacial score (nSPS) is 18.0. The first-order valence-corrected chi connectivity index (χ1v) is 9.89. The maximum absolute atomic E-state index is 12.1. The first-order chi connectivity index (χ1) is 13.7. The van der Waals surface area contributed by atoms with Crippen LogP contribution >= 0.6 is 0 Å². The van der Waals surface area contributed by atoms with Gasteiger partial charge in [-0.2, -0.15) is 5.21 Å². The second-order valence-corrected chi connectivity index (χ2v) is 7.08. The molecule has 3 N–H and O–H groups in total. The second kappa shape index (κ2) is 10.6. The van der Waals surface area contributed by atoms with Crippen LogP contribution in [0.15, 0.2) is 42.5 Å². The molecule has 150 valence electrons. The summed E-state index contributed by atoms with van der Waals surface area (Å²) in [6, 6.07) is 9.87. The van der Waals surface area contributed by atoms with Crippen molar-refractivity contribution >= 4 is 6.03 Å². The molecular formula is C20H28N6O2. The predicted molar refractivity (Wildman–Crippen MR) is 106 cm³/mol. The number of aryl methyl sites for hydroxylation is 1. The number of H-pyrrole nitrogens is 1. The molecule has 1 aromatic carbocycles. The fraction of sp³-hybridized carbons (Fsp3) is 0.500. The van der Waals surface area contributed by atoms with Crippen molar-refractivity contribution in [3.05, 3.63) is 53.9 Å². The Hall–Kier alpha value is -2.74. The number of nitrogens with zero attached hydrogens (tertiary/aromatic N) is 4. The van der Waals surface area contributed by atoms with E-state index in [9.17, 15) is 9.90 Å². The van der Waals surface area contributed by atoms with E-state index in [1.165, 1.54) is 0 Å². The van der Waals surface area contributed by atoms with Crippen LogP contribution in [0.5, 0.6) is 0 Å². The number of aliphatic hydroxyl groups excluding tert-OH is 1. The highest BCUT2D eigenvalue weighted by Gasteiger charge is 2.28. The smallest absolute Gasteiger partial charge is 0.318 e. The Morgan fingerprint density at radius 1 is 1.21 bits per heavy atom. The van der Waals surface area contributed by atoms with Gasteiger partial charge in [-0.15, -0.1) is 10.2 Å². The van der Waals surface area contributed by atoms with Crippen LogP contribution in [-0.4, -0.2) is 61.9 Å². The molecule has 0 radical (unpaired) electrons. The van der Waals surface area contributed by atoms with Crippen molar-refractivity contribution in [1.82, 2.24) is 30.8 Å². The number of aromatic amines is 1. The molecule has 1 aromatic heterocycles. The SMILES string of the molecule is O=C1NC[C@H](C=CC(O)Cc2ccccc2)N1CCCCCCc1nn[nH]n1. The third-order valence-corrected chi connectivity index (χ3v) is 4.91. The third kappa shape index (κ3) is 6.16. The van der Waals surface area contributed by atoms with E-state index in [2.05, 4.69) is 25.9 Å². The molecule has 1 saturated heterocycles. The number of amides is 2. The van der Waals surface area contributed by atoms with Crippen molar-refractivity contribution in [2.45, 2.75) is 50.7 Å². The minimum atomic E-state index is -0.551. The molecule has 0 aliphatic carbocycles. The summed E-state index contributed by atoms with van der Waals surface area (Å²) in [6.07, 6.45) is 8.69. The first-order valence-electron chi connectivity index (χ1n) is 9.89. The van der Waals surface area contributed by atoms with Crippen LogP contribution in [0, 0.1) is 0 Å². The average molecular weight is 384 g/mol. The standard InChI is InChI=1S/C20H28N6O2/c27-18(14-16-8-4-3-5-9-16)12-11-17-15-21-20(28)26(17)13-7-2-1-6-10-19-22-24-25-23-19/h3-5,8-9,11-12,17-18,27H,1-2,6-7,10,13-15H2,(H,21,28)(H,22,23,24,25)/t17-,18?/m0/s1. The molecule has 8 heteroatoms. The lowest BCUT2D eigenvalue weighted by Crippen LogP contribution is -2.34. The molecule has 1 unspecified atom stereocenters. The van der Waals surface area contributed by atoms with Crippen LogP contribution in [0.2, 0.25) is 0 Å². The van der Waals surface area contributed by atoms with Gasteiger partial charge in [0, 0.05) is 25.9 Å². The Bertz CT molecular complexity index is 734. The number of carbonyl (C=O) groups is 1. The molecule has 1 aliphatic heterocycles. The van der Waals surface area contributed by atoms with E-state index in [4.69, 9.17) is 0 Å². The lowest BCUT2D eigenvalue weighted by Gasteiger charge is -2.20. The number of aliphatic hydroxyl groups is 1. The summed E-state index contributed by atoms with van der Waals surface area (Å²) in [5.41, 5.74) is 1.10. The number of carbonyl (C=O) groups excluding carboxylic acids is 1. The van der Waals surface area contributed by atoms with Crippen molar-refractivity contribution in [2.75, 3.05) is 13.1 Å². The third-order valence-electron chi connectivity index (χ3n) is 4.91. The van der Waals surface area contributed by atoms with Gasteiger partial charge in [0.25, 0.3) is 0 Å². The lowest BCUT2D eigenvalue weighted by molar-refractivity contribution is 0.207. The van der Waals surface area contributed by atoms with Crippen molar-refractivity contribution < 1.29 is 9.90 Å². The van der Waals surface area contributed by atoms with Crippen molar-refractivity contribution in [1.29, 1.82) is 0 Å². The average Bonchev–Trinajstić information content (AvgIpc) is 3.34. The summed E-state index contributed by atoms with van der Waals surface area (Å²) < 4.78 is 0. The van der Waals surface area contributed by atoms with Crippen LogP contribution in [-0.2, 0) is 12.8 Å². The van der Waals surface area contributed by atoms with Gasteiger partial charge in [-0.05, 0) is 18.4 Å². The van der Waals surface area contributed by atoms with E-state index in [1.807, 2.05) is 41.3 Å². The van der Waals surface area contributed by atoms with Gasteiger partial charge in [-0.3, -0.25) is 0 Å². The number of hydrogen-bond acceptors (Lipinski definition) is 5. The van der Waals surface area contributed by atoms with Crippen molar-refractivity contribution in [3.63, 3.8) is 0 Å². The fourth-order valence-electron chi connectivity index (χ4n) is 3.38. The number of urea groups is 1. The zero-order chi connectivity index (χ0) is 19.6. The zero-order valence-electron chi connectivity index (χ0n) is 16.0. The molecule has 0 saturated carbocycles. The Kier molecular flexibility index (Phi) is 7.54. The maximum atomic E-state index is 12.1. The van der Waals surface area contributed by atoms with E-state index < -0.39 is 6.10 Å². The molecule has 0 bridgehead atoms. The Morgan fingerprint density at radius 3 is 2.82 bits per heavy atom. The van der Waals surface area contributed by atoms with Gasteiger partial charge in [0.15, 0.2) is 5.82 Å². The van der Waals surface area contributed by atoms with Gasteiger partial charge in [0.05, 0.1) is 12.1 Å². The summed E-state index contributed by atoms with van der Waals surface area (Å²) >= 11 is 0. The zero-order valence-corrected chi connectivity index (χ0v) is 16.0.